The van der Waals surface area contributed by atoms with Crippen molar-refractivity contribution in [2.75, 3.05) is 23.9 Å². The van der Waals surface area contributed by atoms with Gasteiger partial charge < -0.3 is 0 Å². The number of halogens is 2. The van der Waals surface area contributed by atoms with Crippen molar-refractivity contribution >= 4 is 42.9 Å². The zero-order valence-electron chi connectivity index (χ0n) is 24.6. The van der Waals surface area contributed by atoms with Crippen LogP contribution in [0.5, 0.6) is 0 Å². The minimum atomic E-state index is -2.45. The number of rotatable bonds is 3. The molecule has 4 unspecified atom stereocenters. The van der Waals surface area contributed by atoms with Crippen LogP contribution in [0.25, 0.3) is 0 Å². The van der Waals surface area contributed by atoms with Gasteiger partial charge in [0.05, 0.1) is 0 Å². The number of hydrogen-bond acceptors (Lipinski definition) is 2. The van der Waals surface area contributed by atoms with E-state index in [0.717, 1.165) is 8.45 Å². The molecule has 2 aliphatic heterocycles. The van der Waals surface area contributed by atoms with Crippen LogP contribution in [0.1, 0.15) is 67.7 Å². The van der Waals surface area contributed by atoms with Crippen LogP contribution < -0.4 is 9.80 Å². The Morgan fingerprint density at radius 2 is 1.13 bits per heavy atom. The second kappa shape index (κ2) is 10.1. The van der Waals surface area contributed by atoms with Crippen LogP contribution in [0.2, 0.25) is 25.3 Å². The van der Waals surface area contributed by atoms with Crippen LogP contribution in [0.3, 0.4) is 0 Å². The summed E-state index contributed by atoms with van der Waals surface area (Å²) in [5, 5.41) is 0. The first kappa shape index (κ1) is 30.0. The van der Waals surface area contributed by atoms with Crippen LogP contribution in [-0.4, -0.2) is 20.8 Å². The van der Waals surface area contributed by atoms with E-state index in [1.54, 1.807) is 22.5 Å². The van der Waals surface area contributed by atoms with Crippen molar-refractivity contribution in [1.29, 1.82) is 0 Å². The maximum atomic E-state index is 2.83. The number of anilines is 2. The van der Waals surface area contributed by atoms with E-state index in [1.165, 1.54) is 35.3 Å². The standard InChI is InChI=1S/2C13H14N.C4H9.C2H7Si.2ClH.Ti/c2*1-9-6-7-11-10-4-3-5-12(10)14(2)13(11)8-9;1-4(2)3;1-3-2;;;/h2*3,5-8,10H,4H2,1-2H3;1-3H3;3H,1-2H3;2*1H;. The summed E-state index contributed by atoms with van der Waals surface area (Å²) in [6.45, 7) is 16.9. The minimum absolute atomic E-state index is 0. The first-order valence-electron chi connectivity index (χ1n) is 14.1. The molecule has 0 radical (unpaired) electrons. The van der Waals surface area contributed by atoms with Crippen molar-refractivity contribution in [1.82, 2.24) is 0 Å². The van der Waals surface area contributed by atoms with E-state index >= 15 is 0 Å². The monoisotopic (exact) mass is 604 g/mol. The van der Waals surface area contributed by atoms with Gasteiger partial charge in [0.2, 0.25) is 0 Å². The number of nitrogens with zero attached hydrogens (tertiary/aromatic N) is 2. The average Bonchev–Trinajstić information content (AvgIpc) is 3.52. The van der Waals surface area contributed by atoms with Gasteiger partial charge in [0.1, 0.15) is 0 Å². The number of hydrogen-bond donors (Lipinski definition) is 0. The molecule has 0 spiro atoms. The molecule has 2 aromatic carbocycles. The van der Waals surface area contributed by atoms with Crippen molar-refractivity contribution in [3.05, 3.63) is 82.2 Å². The van der Waals surface area contributed by atoms with Crippen molar-refractivity contribution in [3.63, 3.8) is 0 Å². The Kier molecular flexibility index (Phi) is 8.01. The Morgan fingerprint density at radius 1 is 0.737 bits per heavy atom. The minimum Gasteiger partial charge on any atom is -0.147 e. The number of benzene rings is 2. The average molecular weight is 606 g/mol. The summed E-state index contributed by atoms with van der Waals surface area (Å²) < 4.78 is 2.07. The molecule has 0 saturated carbocycles. The van der Waals surface area contributed by atoms with Gasteiger partial charge in [-0.3, -0.25) is 0 Å². The summed E-state index contributed by atoms with van der Waals surface area (Å²) in [4.78, 5) is 5.08. The fraction of sp³-hybridized carbons (Fsp3) is 0.500. The molecule has 2 aliphatic carbocycles. The zero-order valence-corrected chi connectivity index (χ0v) is 29.0. The molecule has 0 aromatic heterocycles. The van der Waals surface area contributed by atoms with Crippen molar-refractivity contribution in [2.24, 2.45) is 0 Å². The number of fused-ring (bicyclic) bond motifs is 6. The quantitative estimate of drug-likeness (QED) is 0.322. The number of aryl methyl sites for hydroxylation is 2. The number of likely N-dealkylation sites (N-methyl/N-ethyl adjacent to an activating group) is 2. The predicted molar refractivity (Wildman–Crippen MR) is 171 cm³/mol. The molecule has 0 amide bonds. The van der Waals surface area contributed by atoms with E-state index < -0.39 is 22.5 Å². The van der Waals surface area contributed by atoms with Gasteiger partial charge >= 0.3 is 225 Å². The van der Waals surface area contributed by atoms with Gasteiger partial charge in [0, 0.05) is 0 Å². The second-order valence-corrected chi connectivity index (χ2v) is 32.8. The summed E-state index contributed by atoms with van der Waals surface area (Å²) in [6.07, 6.45) is 8.36. The van der Waals surface area contributed by atoms with E-state index in [9.17, 15) is 0 Å². The molecule has 206 valence electrons. The normalized spacial score (nSPS) is 26.6. The summed E-state index contributed by atoms with van der Waals surface area (Å²) >= 11 is -2.45. The Bertz CT molecular complexity index is 1220. The van der Waals surface area contributed by atoms with Crippen molar-refractivity contribution in [3.8, 4) is 0 Å². The molecule has 0 bridgehead atoms. The van der Waals surface area contributed by atoms with Crippen molar-refractivity contribution < 1.29 is 15.8 Å². The Hall–Kier alpha value is -0.969. The van der Waals surface area contributed by atoms with Gasteiger partial charge in [-0.15, -0.1) is 24.8 Å². The molecular formula is C32H46Cl2N2SiTi. The molecule has 6 rings (SSSR count). The first-order chi connectivity index (χ1) is 16.9. The van der Waals surface area contributed by atoms with Gasteiger partial charge in [0.25, 0.3) is 0 Å². The molecule has 38 heavy (non-hydrogen) atoms. The third kappa shape index (κ3) is 4.05. The van der Waals surface area contributed by atoms with Crippen LogP contribution in [0.15, 0.2) is 59.9 Å². The van der Waals surface area contributed by atoms with Gasteiger partial charge in [-0.25, -0.2) is 0 Å². The largest absolute Gasteiger partial charge is 0.147 e. The molecular weight excluding hydrogens is 559 g/mol. The first-order valence-corrected chi connectivity index (χ1v) is 22.2. The van der Waals surface area contributed by atoms with E-state index in [0.29, 0.717) is 15.6 Å². The third-order valence-electron chi connectivity index (χ3n) is 10.5. The maximum absolute atomic E-state index is 2.83. The van der Waals surface area contributed by atoms with Crippen LogP contribution >= 0.6 is 24.8 Å². The SMILES string of the molecule is Cc1ccc2c(c1)N(C)C1=C[CH]([Ti]([CH]3C=C4C(C3)c3ccc(C)cc3N4C)([SiH](C)C)[C](C)(C)C)CC12.Cl.Cl. The van der Waals surface area contributed by atoms with Gasteiger partial charge in [-0.2, -0.15) is 0 Å². The van der Waals surface area contributed by atoms with Crippen LogP contribution in [0, 0.1) is 13.8 Å². The van der Waals surface area contributed by atoms with E-state index in [-0.39, 0.29) is 24.8 Å². The van der Waals surface area contributed by atoms with Crippen LogP contribution in [0.4, 0.5) is 11.4 Å². The van der Waals surface area contributed by atoms with E-state index in [2.05, 4.69) is 120 Å². The summed E-state index contributed by atoms with van der Waals surface area (Å²) in [5.41, 5.74) is 12.0. The summed E-state index contributed by atoms with van der Waals surface area (Å²) in [6, 6.07) is 14.3. The van der Waals surface area contributed by atoms with E-state index in [4.69, 9.17) is 0 Å². The zero-order chi connectivity index (χ0) is 25.7. The Labute approximate surface area is 247 Å². The molecule has 0 saturated heterocycles. The molecule has 6 heteroatoms. The topological polar surface area (TPSA) is 6.48 Å². The fourth-order valence-electron chi connectivity index (χ4n) is 9.33. The predicted octanol–water partition coefficient (Wildman–Crippen LogP) is 9.42. The van der Waals surface area contributed by atoms with Crippen LogP contribution in [-0.2, 0) is 15.8 Å². The molecule has 2 heterocycles. The van der Waals surface area contributed by atoms with E-state index in [1.807, 2.05) is 0 Å². The van der Waals surface area contributed by atoms with Gasteiger partial charge in [-0.05, 0) is 0 Å². The summed E-state index contributed by atoms with van der Waals surface area (Å²) in [5.74, 6) is 1.21. The Balaban J connectivity index is 0.00000168. The maximum Gasteiger partial charge on any atom is -0.147 e. The number of allylic oxidation sites excluding steroid dienone is 4. The molecule has 2 aromatic rings. The van der Waals surface area contributed by atoms with Crippen molar-refractivity contribution in [2.45, 2.75) is 84.6 Å². The smallest absolute Gasteiger partial charge is 0.147 e. The van der Waals surface area contributed by atoms with Gasteiger partial charge in [-0.1, -0.05) is 0 Å². The second-order valence-electron chi connectivity index (χ2n) is 13.6. The molecule has 0 N–H and O–H groups in total. The molecule has 0 fully saturated rings. The molecule has 4 atom stereocenters. The summed E-state index contributed by atoms with van der Waals surface area (Å²) in [7, 11) is 4.64. The fourth-order valence-corrected chi connectivity index (χ4v) is 38.5. The third-order valence-corrected chi connectivity index (χ3v) is 37.6. The molecule has 4 aliphatic rings. The van der Waals surface area contributed by atoms with Gasteiger partial charge in [0.15, 0.2) is 0 Å². The Morgan fingerprint density at radius 3 is 1.47 bits per heavy atom. The molecule has 2 nitrogen and oxygen atoms in total.